The first kappa shape index (κ1) is 17.4. The smallest absolute Gasteiger partial charge is 0.277 e. The third-order valence-electron chi connectivity index (χ3n) is 3.02. The number of carbonyl (C=O) groups is 1. The van der Waals surface area contributed by atoms with Gasteiger partial charge in [-0.1, -0.05) is 11.6 Å². The Bertz CT molecular complexity index is 814. The van der Waals surface area contributed by atoms with Crippen LogP contribution in [0.3, 0.4) is 0 Å². The van der Waals surface area contributed by atoms with Crippen molar-refractivity contribution in [3.8, 4) is 11.8 Å². The van der Waals surface area contributed by atoms with Crippen LogP contribution < -0.4 is 10.2 Å². The molecule has 24 heavy (non-hydrogen) atoms. The second-order valence-corrected chi connectivity index (χ2v) is 5.19. The van der Waals surface area contributed by atoms with Crippen LogP contribution in [0.25, 0.3) is 0 Å². The average Bonchev–Trinajstić information content (AvgIpc) is 2.58. The summed E-state index contributed by atoms with van der Waals surface area (Å²) < 4.78 is 18.3. The molecular weight excluding hydrogens is 333 g/mol. The Morgan fingerprint density at radius 2 is 2.04 bits per heavy atom. The molecular formula is C17H13ClFN3O2. The van der Waals surface area contributed by atoms with E-state index in [0.29, 0.717) is 22.6 Å². The number of hydrogen-bond donors (Lipinski definition) is 1. The van der Waals surface area contributed by atoms with Gasteiger partial charge in [0.1, 0.15) is 11.6 Å². The molecule has 0 atom stereocenters. The van der Waals surface area contributed by atoms with Crippen molar-refractivity contribution in [3.63, 3.8) is 0 Å². The zero-order valence-electron chi connectivity index (χ0n) is 12.7. The normalized spacial score (nSPS) is 10.8. The van der Waals surface area contributed by atoms with E-state index in [2.05, 4.69) is 10.5 Å². The summed E-state index contributed by atoms with van der Waals surface area (Å²) in [5.41, 5.74) is 3.79. The Morgan fingerprint density at radius 1 is 1.33 bits per heavy atom. The van der Waals surface area contributed by atoms with Crippen molar-refractivity contribution in [1.82, 2.24) is 5.43 Å². The van der Waals surface area contributed by atoms with Crippen molar-refractivity contribution in [2.45, 2.75) is 6.92 Å². The highest BCUT2D eigenvalue weighted by atomic mass is 35.5. The van der Waals surface area contributed by atoms with Crippen molar-refractivity contribution < 1.29 is 13.9 Å². The Balaban J connectivity index is 1.90. The Labute approximate surface area is 143 Å². The first-order valence-corrected chi connectivity index (χ1v) is 7.29. The van der Waals surface area contributed by atoms with Crippen LogP contribution >= 0.6 is 11.6 Å². The van der Waals surface area contributed by atoms with Gasteiger partial charge in [0.15, 0.2) is 6.61 Å². The lowest BCUT2D eigenvalue weighted by atomic mass is 10.1. The van der Waals surface area contributed by atoms with Gasteiger partial charge in [-0.2, -0.15) is 10.4 Å². The minimum absolute atomic E-state index is 0.208. The SMILES string of the molecule is C/C(=N/NC(=O)COc1ccc(C#N)cc1)c1ccc(F)cc1Cl. The first-order valence-electron chi connectivity index (χ1n) is 6.91. The predicted octanol–water partition coefficient (Wildman–Crippen LogP) is 3.27. The number of nitrogens with zero attached hydrogens (tertiary/aromatic N) is 2. The van der Waals surface area contributed by atoms with Crippen LogP contribution in [0.1, 0.15) is 18.1 Å². The van der Waals surface area contributed by atoms with E-state index in [1.165, 1.54) is 18.2 Å². The number of halogens is 2. The van der Waals surface area contributed by atoms with E-state index < -0.39 is 11.7 Å². The molecule has 7 heteroatoms. The van der Waals surface area contributed by atoms with Gasteiger partial charge in [0, 0.05) is 5.56 Å². The fourth-order valence-electron chi connectivity index (χ4n) is 1.80. The van der Waals surface area contributed by atoms with Crippen molar-refractivity contribution >= 4 is 23.2 Å². The van der Waals surface area contributed by atoms with E-state index in [-0.39, 0.29) is 11.6 Å². The van der Waals surface area contributed by atoms with Crippen LogP contribution in [0.15, 0.2) is 47.6 Å². The quantitative estimate of drug-likeness (QED) is 0.667. The van der Waals surface area contributed by atoms with E-state index in [0.717, 1.165) is 0 Å². The van der Waals surface area contributed by atoms with Crippen LogP contribution in [0.5, 0.6) is 5.75 Å². The van der Waals surface area contributed by atoms with Crippen LogP contribution in [-0.2, 0) is 4.79 Å². The molecule has 2 rings (SSSR count). The maximum absolute atomic E-state index is 13.0. The van der Waals surface area contributed by atoms with Gasteiger partial charge >= 0.3 is 0 Å². The van der Waals surface area contributed by atoms with Gasteiger partial charge < -0.3 is 4.74 Å². The Hall–Kier alpha value is -2.91. The predicted molar refractivity (Wildman–Crippen MR) is 88.4 cm³/mol. The van der Waals surface area contributed by atoms with Crippen LogP contribution in [0.2, 0.25) is 5.02 Å². The fourth-order valence-corrected chi connectivity index (χ4v) is 2.10. The molecule has 5 nitrogen and oxygen atoms in total. The van der Waals surface area contributed by atoms with Gasteiger partial charge in [-0.3, -0.25) is 4.79 Å². The molecule has 0 aliphatic heterocycles. The fraction of sp³-hybridized carbons (Fsp3) is 0.118. The Morgan fingerprint density at radius 3 is 2.67 bits per heavy atom. The number of nitrogens with one attached hydrogen (secondary N) is 1. The highest BCUT2D eigenvalue weighted by molar-refractivity contribution is 6.34. The van der Waals surface area contributed by atoms with Gasteiger partial charge in [0.2, 0.25) is 0 Å². The van der Waals surface area contributed by atoms with Crippen molar-refractivity contribution in [3.05, 3.63) is 64.4 Å². The number of amides is 1. The zero-order chi connectivity index (χ0) is 17.5. The highest BCUT2D eigenvalue weighted by Gasteiger charge is 2.07. The third kappa shape index (κ3) is 4.80. The minimum Gasteiger partial charge on any atom is -0.484 e. The molecule has 1 N–H and O–H groups in total. The Kier molecular flexibility index (Phi) is 5.88. The molecule has 0 saturated carbocycles. The number of hydrazone groups is 1. The van der Waals surface area contributed by atoms with Crippen molar-refractivity contribution in [1.29, 1.82) is 5.26 Å². The molecule has 0 spiro atoms. The van der Waals surface area contributed by atoms with Gasteiger partial charge in [-0.25, -0.2) is 9.82 Å². The summed E-state index contributed by atoms with van der Waals surface area (Å²) >= 11 is 5.92. The molecule has 0 heterocycles. The van der Waals surface area contributed by atoms with E-state index in [1.54, 1.807) is 31.2 Å². The number of ether oxygens (including phenoxy) is 1. The number of carbonyl (C=O) groups excluding carboxylic acids is 1. The minimum atomic E-state index is -0.461. The van der Waals surface area contributed by atoms with Gasteiger partial charge in [0.05, 0.1) is 22.4 Å². The molecule has 0 aliphatic carbocycles. The van der Waals surface area contributed by atoms with E-state index >= 15 is 0 Å². The summed E-state index contributed by atoms with van der Waals surface area (Å²) in [6.07, 6.45) is 0. The van der Waals surface area contributed by atoms with Gasteiger partial charge in [-0.15, -0.1) is 0 Å². The van der Waals surface area contributed by atoms with Gasteiger partial charge in [-0.05, 0) is 49.4 Å². The van der Waals surface area contributed by atoms with Gasteiger partial charge in [0.25, 0.3) is 5.91 Å². The molecule has 0 fully saturated rings. The molecule has 2 aromatic carbocycles. The maximum atomic E-state index is 13.0. The summed E-state index contributed by atoms with van der Waals surface area (Å²) in [6.45, 7) is 1.40. The molecule has 0 bridgehead atoms. The highest BCUT2D eigenvalue weighted by Crippen LogP contribution is 2.17. The van der Waals surface area contributed by atoms with E-state index in [1.807, 2.05) is 6.07 Å². The number of nitriles is 1. The van der Waals surface area contributed by atoms with E-state index in [9.17, 15) is 9.18 Å². The number of hydrogen-bond acceptors (Lipinski definition) is 4. The molecule has 0 aliphatic rings. The summed E-state index contributed by atoms with van der Waals surface area (Å²) in [6, 6.07) is 12.3. The monoisotopic (exact) mass is 345 g/mol. The summed E-state index contributed by atoms with van der Waals surface area (Å²) in [5, 5.41) is 12.8. The topological polar surface area (TPSA) is 74.5 Å². The molecule has 0 aromatic heterocycles. The molecule has 0 radical (unpaired) electrons. The summed E-state index contributed by atoms with van der Waals surface area (Å²) in [7, 11) is 0. The lowest BCUT2D eigenvalue weighted by Crippen LogP contribution is -2.25. The molecule has 122 valence electrons. The average molecular weight is 346 g/mol. The van der Waals surface area contributed by atoms with Crippen LogP contribution in [0, 0.1) is 17.1 Å². The standard InChI is InChI=1S/C17H13ClFN3O2/c1-11(15-7-4-13(19)8-16(15)18)21-22-17(23)10-24-14-5-2-12(9-20)3-6-14/h2-8H,10H2,1H3,(H,22,23)/b21-11-. The van der Waals surface area contributed by atoms with Crippen molar-refractivity contribution in [2.24, 2.45) is 5.10 Å². The molecule has 0 unspecified atom stereocenters. The van der Waals surface area contributed by atoms with Crippen LogP contribution in [-0.4, -0.2) is 18.2 Å². The number of benzene rings is 2. The number of rotatable bonds is 5. The summed E-state index contributed by atoms with van der Waals surface area (Å²) in [4.78, 5) is 11.7. The zero-order valence-corrected chi connectivity index (χ0v) is 13.5. The second-order valence-electron chi connectivity index (χ2n) is 4.78. The second kappa shape index (κ2) is 8.09. The lowest BCUT2D eigenvalue weighted by molar-refractivity contribution is -0.123. The van der Waals surface area contributed by atoms with Crippen LogP contribution in [0.4, 0.5) is 4.39 Å². The molecule has 1 amide bonds. The third-order valence-corrected chi connectivity index (χ3v) is 3.34. The molecule has 0 saturated heterocycles. The first-order chi connectivity index (χ1) is 11.5. The molecule has 2 aromatic rings. The summed E-state index contributed by atoms with van der Waals surface area (Å²) in [5.74, 6) is -0.445. The largest absolute Gasteiger partial charge is 0.484 e. The lowest BCUT2D eigenvalue weighted by Gasteiger charge is -2.06. The van der Waals surface area contributed by atoms with E-state index in [4.69, 9.17) is 21.6 Å². The maximum Gasteiger partial charge on any atom is 0.277 e. The van der Waals surface area contributed by atoms with Crippen molar-refractivity contribution in [2.75, 3.05) is 6.61 Å².